The van der Waals surface area contributed by atoms with E-state index < -0.39 is 0 Å². The van der Waals surface area contributed by atoms with Crippen LogP contribution in [0, 0.1) is 0 Å². The molecule has 31 heavy (non-hydrogen) atoms. The number of hydrogen-bond donors (Lipinski definition) is 1. The number of hydrogen-bond acceptors (Lipinski definition) is 1. The fourth-order valence-electron chi connectivity index (χ4n) is 4.86. The largest absolute Gasteiger partial charge is 0.325 e. The zero-order chi connectivity index (χ0) is 22.9. The quantitative estimate of drug-likeness (QED) is 0.134. The fraction of sp³-hybridized carbons (Fsp3) is 1.00. The summed E-state index contributed by atoms with van der Waals surface area (Å²) in [5, 5.41) is 0. The van der Waals surface area contributed by atoms with Crippen molar-refractivity contribution in [1.82, 2.24) is 0 Å². The third kappa shape index (κ3) is 26.1. The van der Waals surface area contributed by atoms with Gasteiger partial charge >= 0.3 is 0 Å². The predicted octanol–water partition coefficient (Wildman–Crippen LogP) is 10.9. The molecule has 0 radical (unpaired) electrons. The summed E-state index contributed by atoms with van der Waals surface area (Å²) in [6, 6.07) is 0. The first kappa shape index (κ1) is 31.0. The summed E-state index contributed by atoms with van der Waals surface area (Å²) in [5.74, 6) is 0. The molecule has 0 atom stereocenters. The van der Waals surface area contributed by atoms with Gasteiger partial charge in [0.05, 0.1) is 0 Å². The Hall–Kier alpha value is -0.0400. The summed E-state index contributed by atoms with van der Waals surface area (Å²) in [6.45, 7) is 6.89. The topological polar surface area (TPSA) is 26.0 Å². The molecule has 0 fully saturated rings. The molecular weight excluding hydrogens is 374 g/mol. The van der Waals surface area contributed by atoms with E-state index in [0.29, 0.717) is 0 Å². The normalized spacial score (nSPS) is 12.0. The summed E-state index contributed by atoms with van der Waals surface area (Å²) >= 11 is 0. The van der Waals surface area contributed by atoms with E-state index in [1.54, 1.807) is 0 Å². The van der Waals surface area contributed by atoms with Crippen LogP contribution >= 0.6 is 0 Å². The second-order valence-electron chi connectivity index (χ2n) is 10.9. The van der Waals surface area contributed by atoms with Crippen LogP contribution in [-0.2, 0) is 0 Å². The van der Waals surface area contributed by atoms with Gasteiger partial charge in [-0.2, -0.15) is 0 Å². The van der Waals surface area contributed by atoms with E-state index in [2.05, 4.69) is 20.8 Å². The van der Waals surface area contributed by atoms with Crippen LogP contribution in [0.4, 0.5) is 0 Å². The molecular formula is C30H63N. The van der Waals surface area contributed by atoms with Gasteiger partial charge in [-0.3, -0.25) is 0 Å². The highest BCUT2D eigenvalue weighted by atomic mass is 14.7. The molecule has 0 aromatic carbocycles. The third-order valence-corrected chi connectivity index (χ3v) is 7.20. The summed E-state index contributed by atoms with van der Waals surface area (Å²) in [4.78, 5) is 0. The van der Waals surface area contributed by atoms with Gasteiger partial charge in [0.1, 0.15) is 0 Å². The lowest BCUT2D eigenvalue weighted by atomic mass is 9.89. The molecule has 0 unspecified atom stereocenters. The molecule has 0 spiro atoms. The molecule has 2 N–H and O–H groups in total. The van der Waals surface area contributed by atoms with Crippen molar-refractivity contribution < 1.29 is 0 Å². The molecule has 0 saturated carbocycles. The van der Waals surface area contributed by atoms with Gasteiger partial charge in [-0.1, -0.05) is 168 Å². The lowest BCUT2D eigenvalue weighted by Gasteiger charge is -2.24. The molecule has 0 aromatic heterocycles. The second-order valence-corrected chi connectivity index (χ2v) is 10.9. The van der Waals surface area contributed by atoms with Gasteiger partial charge in [-0.05, 0) is 19.8 Å². The van der Waals surface area contributed by atoms with Gasteiger partial charge in [-0.15, -0.1) is 0 Å². The van der Waals surface area contributed by atoms with Crippen LogP contribution in [-0.4, -0.2) is 5.54 Å². The summed E-state index contributed by atoms with van der Waals surface area (Å²) in [6.07, 6.45) is 36.7. The Kier molecular flexibility index (Phi) is 24.6. The van der Waals surface area contributed by atoms with E-state index in [9.17, 15) is 0 Å². The van der Waals surface area contributed by atoms with E-state index in [1.807, 2.05) is 0 Å². The van der Waals surface area contributed by atoms with Gasteiger partial charge in [-0.25, -0.2) is 0 Å². The van der Waals surface area contributed by atoms with E-state index in [-0.39, 0.29) is 5.54 Å². The zero-order valence-corrected chi connectivity index (χ0v) is 22.5. The molecule has 0 aliphatic heterocycles. The Labute approximate surface area is 199 Å². The van der Waals surface area contributed by atoms with Gasteiger partial charge in [0.25, 0.3) is 0 Å². The van der Waals surface area contributed by atoms with Crippen LogP contribution in [0.15, 0.2) is 0 Å². The highest BCUT2D eigenvalue weighted by Gasteiger charge is 2.16. The Bertz CT molecular complexity index is 292. The lowest BCUT2D eigenvalue weighted by Crippen LogP contribution is -2.35. The first-order valence-corrected chi connectivity index (χ1v) is 14.9. The SMILES string of the molecule is CCCCCCCCCCCCCCC(C)(N)CCCCCCCCCCCCCC. The maximum Gasteiger partial charge on any atom is 0.0125 e. The molecule has 0 aromatic rings. The van der Waals surface area contributed by atoms with E-state index in [1.165, 1.54) is 167 Å². The molecule has 0 aliphatic carbocycles. The minimum Gasteiger partial charge on any atom is -0.325 e. The smallest absolute Gasteiger partial charge is 0.0125 e. The fourth-order valence-corrected chi connectivity index (χ4v) is 4.86. The van der Waals surface area contributed by atoms with Crippen molar-refractivity contribution in [2.24, 2.45) is 5.73 Å². The standard InChI is InChI=1S/C30H63N/c1-4-6-8-10-12-14-16-18-20-22-24-26-28-30(3,31)29-27-25-23-21-19-17-15-13-11-9-7-5-2/h4-29,31H2,1-3H3. The first-order chi connectivity index (χ1) is 15.1. The van der Waals surface area contributed by atoms with E-state index in [0.717, 1.165) is 0 Å². The zero-order valence-electron chi connectivity index (χ0n) is 22.5. The first-order valence-electron chi connectivity index (χ1n) is 14.9. The van der Waals surface area contributed by atoms with Crippen molar-refractivity contribution >= 4 is 0 Å². The molecule has 0 amide bonds. The van der Waals surface area contributed by atoms with Crippen molar-refractivity contribution in [3.63, 3.8) is 0 Å². The van der Waals surface area contributed by atoms with E-state index in [4.69, 9.17) is 5.73 Å². The van der Waals surface area contributed by atoms with Crippen LogP contribution in [0.5, 0.6) is 0 Å². The molecule has 0 heterocycles. The summed E-state index contributed by atoms with van der Waals surface area (Å²) < 4.78 is 0. The Morgan fingerprint density at radius 1 is 0.355 bits per heavy atom. The number of rotatable bonds is 26. The lowest BCUT2D eigenvalue weighted by molar-refractivity contribution is 0.363. The monoisotopic (exact) mass is 437 g/mol. The summed E-state index contributed by atoms with van der Waals surface area (Å²) in [5.41, 5.74) is 6.66. The second kappa shape index (κ2) is 24.6. The van der Waals surface area contributed by atoms with Gasteiger partial charge in [0.15, 0.2) is 0 Å². The highest BCUT2D eigenvalue weighted by Crippen LogP contribution is 2.21. The van der Waals surface area contributed by atoms with Crippen molar-refractivity contribution in [1.29, 1.82) is 0 Å². The Morgan fingerprint density at radius 3 is 0.774 bits per heavy atom. The maximum atomic E-state index is 6.58. The highest BCUT2D eigenvalue weighted by molar-refractivity contribution is 4.78. The molecule has 0 aliphatic rings. The average Bonchev–Trinajstić information content (AvgIpc) is 2.75. The molecule has 1 heteroatoms. The van der Waals surface area contributed by atoms with E-state index >= 15 is 0 Å². The maximum absolute atomic E-state index is 6.58. The average molecular weight is 438 g/mol. The minimum atomic E-state index is 0.0803. The van der Waals surface area contributed by atoms with Crippen LogP contribution in [0.25, 0.3) is 0 Å². The third-order valence-electron chi connectivity index (χ3n) is 7.20. The summed E-state index contributed by atoms with van der Waals surface area (Å²) in [7, 11) is 0. The van der Waals surface area contributed by atoms with Crippen molar-refractivity contribution in [2.45, 2.75) is 193 Å². The molecule has 1 nitrogen and oxygen atoms in total. The molecule has 0 saturated heterocycles. The number of nitrogens with two attached hydrogens (primary N) is 1. The molecule has 0 bridgehead atoms. The minimum absolute atomic E-state index is 0.0803. The van der Waals surface area contributed by atoms with Gasteiger partial charge in [0, 0.05) is 5.54 Å². The van der Waals surface area contributed by atoms with Crippen LogP contribution < -0.4 is 5.73 Å². The molecule has 0 rings (SSSR count). The van der Waals surface area contributed by atoms with Crippen LogP contribution in [0.2, 0.25) is 0 Å². The molecule has 188 valence electrons. The van der Waals surface area contributed by atoms with Crippen molar-refractivity contribution in [3.8, 4) is 0 Å². The Morgan fingerprint density at radius 2 is 0.548 bits per heavy atom. The number of unbranched alkanes of at least 4 members (excludes halogenated alkanes) is 22. The predicted molar refractivity (Wildman–Crippen MR) is 144 cm³/mol. The van der Waals surface area contributed by atoms with Crippen molar-refractivity contribution in [2.75, 3.05) is 0 Å². The van der Waals surface area contributed by atoms with Crippen LogP contribution in [0.3, 0.4) is 0 Å². The van der Waals surface area contributed by atoms with Crippen LogP contribution in [0.1, 0.15) is 188 Å². The van der Waals surface area contributed by atoms with Crippen molar-refractivity contribution in [3.05, 3.63) is 0 Å². The van der Waals surface area contributed by atoms with Gasteiger partial charge in [0.2, 0.25) is 0 Å². The Balaban J connectivity index is 3.29. The van der Waals surface area contributed by atoms with Gasteiger partial charge < -0.3 is 5.73 Å².